The van der Waals surface area contributed by atoms with Gasteiger partial charge in [0.25, 0.3) is 0 Å². The van der Waals surface area contributed by atoms with E-state index >= 15 is 0 Å². The van der Waals surface area contributed by atoms with E-state index in [2.05, 4.69) is 9.88 Å². The first-order valence-electron chi connectivity index (χ1n) is 9.16. The highest BCUT2D eigenvalue weighted by Gasteiger charge is 2.24. The lowest BCUT2D eigenvalue weighted by molar-refractivity contribution is -0.892. The highest BCUT2D eigenvalue weighted by molar-refractivity contribution is 6.08. The SMILES string of the molecule is COc1ccc2[nH]cc(C(=O)C[NH+]3CCN(c4ccc(F)cc4)CC3)c2c1. The second kappa shape index (κ2) is 7.40. The van der Waals surface area contributed by atoms with E-state index < -0.39 is 0 Å². The number of piperazine rings is 1. The molecule has 1 aromatic heterocycles. The number of Topliss-reactive ketones (excluding diaryl/α,β-unsaturated/α-hetero) is 1. The van der Waals surface area contributed by atoms with Gasteiger partial charge in [-0.25, -0.2) is 4.39 Å². The minimum absolute atomic E-state index is 0.139. The largest absolute Gasteiger partial charge is 0.497 e. The minimum Gasteiger partial charge on any atom is -0.497 e. The van der Waals surface area contributed by atoms with Crippen molar-refractivity contribution in [2.75, 3.05) is 44.7 Å². The number of quaternary nitrogens is 1. The van der Waals surface area contributed by atoms with Crippen LogP contribution in [0.15, 0.2) is 48.7 Å². The minimum atomic E-state index is -0.219. The topological polar surface area (TPSA) is 49.8 Å². The van der Waals surface area contributed by atoms with Crippen LogP contribution in [0.5, 0.6) is 5.75 Å². The van der Waals surface area contributed by atoms with Crippen LogP contribution in [0, 0.1) is 5.82 Å². The molecule has 6 heteroatoms. The number of carbonyl (C=O) groups excluding carboxylic acids is 1. The fourth-order valence-electron chi connectivity index (χ4n) is 3.69. The highest BCUT2D eigenvalue weighted by Crippen LogP contribution is 2.23. The summed E-state index contributed by atoms with van der Waals surface area (Å²) in [6.45, 7) is 3.96. The fourth-order valence-corrected chi connectivity index (χ4v) is 3.69. The molecule has 27 heavy (non-hydrogen) atoms. The van der Waals surface area contributed by atoms with E-state index in [9.17, 15) is 9.18 Å². The molecular weight excluding hydrogens is 345 g/mol. The van der Waals surface area contributed by atoms with Crippen LogP contribution in [-0.2, 0) is 0 Å². The molecule has 5 nitrogen and oxygen atoms in total. The molecule has 2 N–H and O–H groups in total. The van der Waals surface area contributed by atoms with Crippen molar-refractivity contribution in [3.05, 3.63) is 60.0 Å². The number of ether oxygens (including phenoxy) is 1. The van der Waals surface area contributed by atoms with Gasteiger partial charge < -0.3 is 19.5 Å². The van der Waals surface area contributed by atoms with Gasteiger partial charge in [-0.2, -0.15) is 0 Å². The van der Waals surface area contributed by atoms with Gasteiger partial charge >= 0.3 is 0 Å². The first kappa shape index (κ1) is 17.5. The molecule has 140 valence electrons. The Hall–Kier alpha value is -2.86. The van der Waals surface area contributed by atoms with E-state index in [1.54, 1.807) is 13.3 Å². The van der Waals surface area contributed by atoms with Crippen LogP contribution in [0.2, 0.25) is 0 Å². The lowest BCUT2D eigenvalue weighted by atomic mass is 10.1. The van der Waals surface area contributed by atoms with Crippen molar-refractivity contribution in [1.29, 1.82) is 0 Å². The van der Waals surface area contributed by atoms with Crippen LogP contribution in [-0.4, -0.2) is 50.6 Å². The van der Waals surface area contributed by atoms with Gasteiger partial charge in [0.2, 0.25) is 5.78 Å². The third-order valence-electron chi connectivity index (χ3n) is 5.26. The van der Waals surface area contributed by atoms with Crippen molar-refractivity contribution in [2.24, 2.45) is 0 Å². The van der Waals surface area contributed by atoms with Crippen molar-refractivity contribution in [3.8, 4) is 5.75 Å². The summed E-state index contributed by atoms with van der Waals surface area (Å²) in [6, 6.07) is 12.3. The van der Waals surface area contributed by atoms with Crippen molar-refractivity contribution < 1.29 is 18.8 Å². The predicted molar refractivity (Wildman–Crippen MR) is 103 cm³/mol. The molecule has 3 aromatic rings. The van der Waals surface area contributed by atoms with Gasteiger partial charge in [-0.1, -0.05) is 0 Å². The summed E-state index contributed by atoms with van der Waals surface area (Å²) >= 11 is 0. The average Bonchev–Trinajstić information content (AvgIpc) is 3.12. The number of anilines is 1. The number of fused-ring (bicyclic) bond motifs is 1. The number of carbonyl (C=O) groups is 1. The lowest BCUT2D eigenvalue weighted by Gasteiger charge is -2.33. The number of rotatable bonds is 5. The third kappa shape index (κ3) is 3.66. The number of aromatic amines is 1. The molecule has 1 saturated heterocycles. The normalized spacial score (nSPS) is 15.3. The number of ketones is 1. The fraction of sp³-hybridized carbons (Fsp3) is 0.286. The summed E-state index contributed by atoms with van der Waals surface area (Å²) < 4.78 is 18.4. The monoisotopic (exact) mass is 368 g/mol. The number of H-pyrrole nitrogens is 1. The number of methoxy groups -OCH3 is 1. The van der Waals surface area contributed by atoms with E-state index in [0.717, 1.165) is 54.1 Å². The van der Waals surface area contributed by atoms with Crippen LogP contribution >= 0.6 is 0 Å². The molecule has 0 bridgehead atoms. The Morgan fingerprint density at radius 2 is 1.93 bits per heavy atom. The van der Waals surface area contributed by atoms with E-state index in [1.807, 2.05) is 30.3 Å². The van der Waals surface area contributed by atoms with Gasteiger partial charge in [-0.05, 0) is 42.5 Å². The molecule has 0 aliphatic carbocycles. The second-order valence-corrected chi connectivity index (χ2v) is 6.93. The summed E-state index contributed by atoms with van der Waals surface area (Å²) in [6.07, 6.45) is 1.79. The molecule has 0 atom stereocenters. The molecule has 0 radical (unpaired) electrons. The zero-order valence-corrected chi connectivity index (χ0v) is 15.3. The van der Waals surface area contributed by atoms with Gasteiger partial charge in [0, 0.05) is 28.4 Å². The Labute approximate surface area is 157 Å². The van der Waals surface area contributed by atoms with Crippen molar-refractivity contribution in [2.45, 2.75) is 0 Å². The number of hydrogen-bond acceptors (Lipinski definition) is 3. The van der Waals surface area contributed by atoms with E-state index in [-0.39, 0.29) is 11.6 Å². The summed E-state index contributed by atoms with van der Waals surface area (Å²) in [5.41, 5.74) is 2.69. The maximum Gasteiger partial charge on any atom is 0.219 e. The maximum atomic E-state index is 13.1. The molecule has 1 aliphatic rings. The molecule has 0 amide bonds. The molecule has 2 aromatic carbocycles. The summed E-state index contributed by atoms with van der Waals surface area (Å²) in [4.78, 5) is 19.5. The quantitative estimate of drug-likeness (QED) is 0.677. The number of halogens is 1. The molecule has 0 spiro atoms. The summed E-state index contributed by atoms with van der Waals surface area (Å²) in [5, 5.41) is 0.906. The molecule has 1 fully saturated rings. The van der Waals surface area contributed by atoms with Crippen LogP contribution in [0.25, 0.3) is 10.9 Å². The van der Waals surface area contributed by atoms with E-state index in [1.165, 1.54) is 17.0 Å². The Balaban J connectivity index is 1.40. The number of aromatic nitrogens is 1. The number of nitrogens with one attached hydrogen (secondary N) is 2. The van der Waals surface area contributed by atoms with E-state index in [4.69, 9.17) is 4.74 Å². The van der Waals surface area contributed by atoms with Gasteiger partial charge in [-0.15, -0.1) is 0 Å². The molecule has 0 saturated carbocycles. The maximum absolute atomic E-state index is 13.1. The smallest absolute Gasteiger partial charge is 0.219 e. The molecule has 4 rings (SSSR count). The predicted octanol–water partition coefficient (Wildman–Crippen LogP) is 1.90. The molecule has 1 aliphatic heterocycles. The number of hydrogen-bond donors (Lipinski definition) is 2. The standard InChI is InChI=1S/C21H22FN3O2/c1-27-17-6-7-20-18(12-17)19(13-23-20)21(26)14-24-8-10-25(11-9-24)16-4-2-15(22)3-5-16/h2-7,12-13,23H,8-11,14H2,1H3/p+1. The second-order valence-electron chi connectivity index (χ2n) is 6.93. The van der Waals surface area contributed by atoms with Gasteiger partial charge in [-0.3, -0.25) is 4.79 Å². The van der Waals surface area contributed by atoms with Gasteiger partial charge in [0.1, 0.15) is 18.1 Å². The van der Waals surface area contributed by atoms with Gasteiger partial charge in [0.15, 0.2) is 0 Å². The van der Waals surface area contributed by atoms with Crippen LogP contribution in [0.4, 0.5) is 10.1 Å². The first-order chi connectivity index (χ1) is 13.1. The zero-order chi connectivity index (χ0) is 18.8. The van der Waals surface area contributed by atoms with Crippen molar-refractivity contribution >= 4 is 22.4 Å². The average molecular weight is 368 g/mol. The Kier molecular flexibility index (Phi) is 4.81. The van der Waals surface area contributed by atoms with Crippen LogP contribution < -0.4 is 14.5 Å². The van der Waals surface area contributed by atoms with Crippen molar-refractivity contribution in [3.63, 3.8) is 0 Å². The molecular formula is C21H23FN3O2+. The Morgan fingerprint density at radius 1 is 1.19 bits per heavy atom. The molecule has 2 heterocycles. The molecule has 0 unspecified atom stereocenters. The first-order valence-corrected chi connectivity index (χ1v) is 9.16. The third-order valence-corrected chi connectivity index (χ3v) is 5.26. The van der Waals surface area contributed by atoms with E-state index in [0.29, 0.717) is 6.54 Å². The zero-order valence-electron chi connectivity index (χ0n) is 15.3. The number of nitrogens with zero attached hydrogens (tertiary/aromatic N) is 1. The van der Waals surface area contributed by atoms with Crippen LogP contribution in [0.3, 0.4) is 0 Å². The Bertz CT molecular complexity index is 944. The lowest BCUT2D eigenvalue weighted by Crippen LogP contribution is -3.15. The van der Waals surface area contributed by atoms with Crippen LogP contribution in [0.1, 0.15) is 10.4 Å². The van der Waals surface area contributed by atoms with Crippen molar-refractivity contribution in [1.82, 2.24) is 4.98 Å². The summed E-state index contributed by atoms with van der Waals surface area (Å²) in [7, 11) is 1.63. The Morgan fingerprint density at radius 3 is 2.63 bits per heavy atom. The summed E-state index contributed by atoms with van der Waals surface area (Å²) in [5.74, 6) is 0.667. The van der Waals surface area contributed by atoms with Gasteiger partial charge in [0.05, 0.1) is 33.3 Å². The number of benzene rings is 2. The highest BCUT2D eigenvalue weighted by atomic mass is 19.1.